The molecule has 0 radical (unpaired) electrons. The monoisotopic (exact) mass is 285 g/mol. The van der Waals surface area contributed by atoms with Gasteiger partial charge in [0.1, 0.15) is 0 Å². The van der Waals surface area contributed by atoms with Crippen LogP contribution in [0, 0.1) is 5.92 Å². The molecule has 1 saturated carbocycles. The van der Waals surface area contributed by atoms with Gasteiger partial charge in [0.25, 0.3) is 0 Å². The molecule has 1 aromatic rings. The van der Waals surface area contributed by atoms with Crippen molar-refractivity contribution in [2.45, 2.75) is 57.2 Å². The summed E-state index contributed by atoms with van der Waals surface area (Å²) >= 11 is 0. The van der Waals surface area contributed by atoms with Gasteiger partial charge in [-0.3, -0.25) is 0 Å². The lowest BCUT2D eigenvalue weighted by Crippen LogP contribution is -2.45. The molecule has 0 unspecified atom stereocenters. The standard InChI is InChI=1S/C16H22F3N/c1-2-12-7-9-15(20,10-8-12)11-13-3-5-14(6-4-13)16(17,18)19/h3-6,12H,2,7-11,20H2,1H3. The van der Waals surface area contributed by atoms with Crippen LogP contribution in [0.25, 0.3) is 0 Å². The highest BCUT2D eigenvalue weighted by atomic mass is 19.4. The molecule has 112 valence electrons. The maximum Gasteiger partial charge on any atom is 0.416 e. The van der Waals surface area contributed by atoms with Crippen molar-refractivity contribution >= 4 is 0 Å². The minimum absolute atomic E-state index is 0.245. The van der Waals surface area contributed by atoms with Crippen molar-refractivity contribution in [1.29, 1.82) is 0 Å². The first kappa shape index (κ1) is 15.4. The molecule has 0 bridgehead atoms. The average Bonchev–Trinajstić information content (AvgIpc) is 2.39. The van der Waals surface area contributed by atoms with E-state index in [1.165, 1.54) is 6.42 Å². The first-order chi connectivity index (χ1) is 9.32. The summed E-state index contributed by atoms with van der Waals surface area (Å²) in [6, 6.07) is 5.42. The highest BCUT2D eigenvalue weighted by Gasteiger charge is 2.32. The Morgan fingerprint density at radius 2 is 1.70 bits per heavy atom. The van der Waals surface area contributed by atoms with Crippen LogP contribution in [-0.4, -0.2) is 5.54 Å². The predicted octanol–water partition coefficient (Wildman–Crippen LogP) is 4.55. The summed E-state index contributed by atoms with van der Waals surface area (Å²) in [5.74, 6) is 0.763. The van der Waals surface area contributed by atoms with Gasteiger partial charge in [0.05, 0.1) is 5.56 Å². The predicted molar refractivity (Wildman–Crippen MR) is 74.3 cm³/mol. The molecule has 4 heteroatoms. The molecule has 0 saturated heterocycles. The van der Waals surface area contributed by atoms with Crippen LogP contribution in [0.1, 0.15) is 50.2 Å². The number of hydrogen-bond acceptors (Lipinski definition) is 1. The van der Waals surface area contributed by atoms with E-state index in [0.717, 1.165) is 49.3 Å². The molecule has 0 spiro atoms. The van der Waals surface area contributed by atoms with Gasteiger partial charge in [0.15, 0.2) is 0 Å². The Labute approximate surface area is 118 Å². The van der Waals surface area contributed by atoms with Crippen LogP contribution in [0.2, 0.25) is 0 Å². The normalized spacial score (nSPS) is 27.6. The van der Waals surface area contributed by atoms with E-state index in [2.05, 4.69) is 6.92 Å². The fourth-order valence-electron chi connectivity index (χ4n) is 3.06. The summed E-state index contributed by atoms with van der Waals surface area (Å²) in [6.07, 6.45) is 1.79. The van der Waals surface area contributed by atoms with Crippen molar-refractivity contribution in [3.8, 4) is 0 Å². The van der Waals surface area contributed by atoms with Gasteiger partial charge in [0.2, 0.25) is 0 Å². The fraction of sp³-hybridized carbons (Fsp3) is 0.625. The number of nitrogens with two attached hydrogens (primary N) is 1. The molecule has 1 fully saturated rings. The first-order valence-electron chi connectivity index (χ1n) is 7.27. The lowest BCUT2D eigenvalue weighted by atomic mass is 9.73. The van der Waals surface area contributed by atoms with Gasteiger partial charge in [-0.1, -0.05) is 25.5 Å². The second-order valence-electron chi connectivity index (χ2n) is 6.09. The molecule has 0 amide bonds. The Bertz CT molecular complexity index is 428. The molecule has 1 aromatic carbocycles. The van der Waals surface area contributed by atoms with E-state index >= 15 is 0 Å². The summed E-state index contributed by atoms with van der Waals surface area (Å²) in [4.78, 5) is 0. The highest BCUT2D eigenvalue weighted by molar-refractivity contribution is 5.26. The smallest absolute Gasteiger partial charge is 0.325 e. The summed E-state index contributed by atoms with van der Waals surface area (Å²) in [6.45, 7) is 2.20. The Morgan fingerprint density at radius 1 is 1.15 bits per heavy atom. The van der Waals surface area contributed by atoms with Gasteiger partial charge in [-0.05, 0) is 55.7 Å². The SMILES string of the molecule is CCC1CCC(N)(Cc2ccc(C(F)(F)F)cc2)CC1. The van der Waals surface area contributed by atoms with E-state index in [1.54, 1.807) is 12.1 Å². The van der Waals surface area contributed by atoms with Crippen molar-refractivity contribution in [2.24, 2.45) is 11.7 Å². The molecular weight excluding hydrogens is 263 g/mol. The summed E-state index contributed by atoms with van der Waals surface area (Å²) < 4.78 is 37.5. The second-order valence-corrected chi connectivity index (χ2v) is 6.09. The van der Waals surface area contributed by atoms with Crippen molar-refractivity contribution in [3.05, 3.63) is 35.4 Å². The quantitative estimate of drug-likeness (QED) is 0.866. The largest absolute Gasteiger partial charge is 0.416 e. The van der Waals surface area contributed by atoms with Gasteiger partial charge in [0, 0.05) is 5.54 Å². The Morgan fingerprint density at radius 3 is 2.15 bits per heavy atom. The third-order valence-corrected chi connectivity index (χ3v) is 4.52. The molecular formula is C16H22F3N. The zero-order valence-corrected chi connectivity index (χ0v) is 11.8. The van der Waals surface area contributed by atoms with Gasteiger partial charge < -0.3 is 5.73 Å². The van der Waals surface area contributed by atoms with Crippen molar-refractivity contribution < 1.29 is 13.2 Å². The van der Waals surface area contributed by atoms with E-state index in [1.807, 2.05) is 0 Å². The molecule has 0 aromatic heterocycles. The minimum atomic E-state index is -4.27. The van der Waals surface area contributed by atoms with Gasteiger partial charge in [-0.15, -0.1) is 0 Å². The number of hydrogen-bond donors (Lipinski definition) is 1. The van der Waals surface area contributed by atoms with Crippen LogP contribution >= 0.6 is 0 Å². The number of benzene rings is 1. The Balaban J connectivity index is 2.00. The van der Waals surface area contributed by atoms with Crippen molar-refractivity contribution in [2.75, 3.05) is 0 Å². The van der Waals surface area contributed by atoms with E-state index < -0.39 is 11.7 Å². The number of rotatable bonds is 3. The minimum Gasteiger partial charge on any atom is -0.325 e. The van der Waals surface area contributed by atoms with Crippen molar-refractivity contribution in [1.82, 2.24) is 0 Å². The van der Waals surface area contributed by atoms with E-state index in [9.17, 15) is 13.2 Å². The summed E-state index contributed by atoms with van der Waals surface area (Å²) in [7, 11) is 0. The molecule has 20 heavy (non-hydrogen) atoms. The Kier molecular flexibility index (Phi) is 4.43. The maximum absolute atomic E-state index is 12.5. The van der Waals surface area contributed by atoms with Gasteiger partial charge >= 0.3 is 6.18 Å². The fourth-order valence-corrected chi connectivity index (χ4v) is 3.06. The summed E-state index contributed by atoms with van der Waals surface area (Å²) in [5.41, 5.74) is 6.47. The lowest BCUT2D eigenvalue weighted by Gasteiger charge is -2.37. The van der Waals surface area contributed by atoms with E-state index in [-0.39, 0.29) is 5.54 Å². The third-order valence-electron chi connectivity index (χ3n) is 4.52. The van der Waals surface area contributed by atoms with E-state index in [4.69, 9.17) is 5.73 Å². The molecule has 2 N–H and O–H groups in total. The van der Waals surface area contributed by atoms with Crippen LogP contribution in [0.5, 0.6) is 0 Å². The molecule has 1 aliphatic rings. The van der Waals surface area contributed by atoms with E-state index in [0.29, 0.717) is 6.42 Å². The number of halogens is 3. The second kappa shape index (κ2) is 5.76. The first-order valence-corrected chi connectivity index (χ1v) is 7.27. The molecule has 2 rings (SSSR count). The van der Waals surface area contributed by atoms with Crippen LogP contribution in [-0.2, 0) is 12.6 Å². The Hall–Kier alpha value is -1.03. The topological polar surface area (TPSA) is 26.0 Å². The molecule has 1 aliphatic carbocycles. The average molecular weight is 285 g/mol. The van der Waals surface area contributed by atoms with Crippen LogP contribution in [0.3, 0.4) is 0 Å². The van der Waals surface area contributed by atoms with Crippen LogP contribution < -0.4 is 5.73 Å². The maximum atomic E-state index is 12.5. The van der Waals surface area contributed by atoms with Crippen LogP contribution in [0.4, 0.5) is 13.2 Å². The molecule has 1 nitrogen and oxygen atoms in total. The molecule has 0 atom stereocenters. The molecule has 0 aliphatic heterocycles. The zero-order chi connectivity index (χ0) is 14.8. The zero-order valence-electron chi connectivity index (χ0n) is 11.8. The van der Waals surface area contributed by atoms with Gasteiger partial charge in [-0.25, -0.2) is 0 Å². The van der Waals surface area contributed by atoms with Crippen molar-refractivity contribution in [3.63, 3.8) is 0 Å². The highest BCUT2D eigenvalue weighted by Crippen LogP contribution is 2.35. The van der Waals surface area contributed by atoms with Crippen LogP contribution in [0.15, 0.2) is 24.3 Å². The third kappa shape index (κ3) is 3.75. The number of alkyl halides is 3. The summed E-state index contributed by atoms with van der Waals surface area (Å²) in [5, 5.41) is 0. The van der Waals surface area contributed by atoms with Gasteiger partial charge in [-0.2, -0.15) is 13.2 Å². The lowest BCUT2D eigenvalue weighted by molar-refractivity contribution is -0.137. The molecule has 0 heterocycles.